The Bertz CT molecular complexity index is 1190. The van der Waals surface area contributed by atoms with Gasteiger partial charge < -0.3 is 15.0 Å². The van der Waals surface area contributed by atoms with E-state index in [9.17, 15) is 9.59 Å². The van der Waals surface area contributed by atoms with Gasteiger partial charge in [-0.05, 0) is 56.2 Å². The lowest BCUT2D eigenvalue weighted by Gasteiger charge is -2.31. The molecule has 0 aliphatic heterocycles. The van der Waals surface area contributed by atoms with Crippen LogP contribution >= 0.6 is 27.5 Å². The summed E-state index contributed by atoms with van der Waals surface area (Å²) in [5, 5.41) is 3.24. The van der Waals surface area contributed by atoms with Crippen molar-refractivity contribution in [2.24, 2.45) is 0 Å². The normalized spacial score (nSPS) is 12.1. The maximum Gasteiger partial charge on any atom is 0.261 e. The molecule has 0 spiro atoms. The third kappa shape index (κ3) is 7.34. The first-order chi connectivity index (χ1) is 17.1. The Morgan fingerprint density at radius 1 is 1.03 bits per heavy atom. The van der Waals surface area contributed by atoms with Gasteiger partial charge in [0.2, 0.25) is 5.91 Å². The van der Waals surface area contributed by atoms with Crippen molar-refractivity contribution in [1.29, 1.82) is 0 Å². The summed E-state index contributed by atoms with van der Waals surface area (Å²) in [7, 11) is 1.57. The molecule has 1 atom stereocenters. The predicted octanol–water partition coefficient (Wildman–Crippen LogP) is 6.16. The fourth-order valence-electron chi connectivity index (χ4n) is 3.84. The molecule has 0 heterocycles. The van der Waals surface area contributed by atoms with Crippen molar-refractivity contribution in [3.63, 3.8) is 0 Å². The highest BCUT2D eigenvalue weighted by molar-refractivity contribution is 9.10. The van der Waals surface area contributed by atoms with Crippen LogP contribution in [0.4, 0.5) is 0 Å². The highest BCUT2D eigenvalue weighted by atomic mass is 79.9. The molecule has 0 aliphatic rings. The molecule has 3 aromatic rings. The van der Waals surface area contributed by atoms with Gasteiger partial charge in [0, 0.05) is 25.0 Å². The molecule has 0 bridgehead atoms. The Kier molecular flexibility index (Phi) is 9.57. The molecule has 3 rings (SSSR count). The van der Waals surface area contributed by atoms with Gasteiger partial charge in [0.05, 0.1) is 4.47 Å². The average Bonchev–Trinajstić information content (AvgIpc) is 2.85. The van der Waals surface area contributed by atoms with Gasteiger partial charge in [0.1, 0.15) is 11.8 Å². The first kappa shape index (κ1) is 27.8. The van der Waals surface area contributed by atoms with E-state index in [-0.39, 0.29) is 30.4 Å². The van der Waals surface area contributed by atoms with Gasteiger partial charge in [-0.25, -0.2) is 0 Å². The number of hydrogen-bond acceptors (Lipinski definition) is 3. The molecule has 7 heteroatoms. The van der Waals surface area contributed by atoms with Gasteiger partial charge in [-0.1, -0.05) is 87.0 Å². The monoisotopic (exact) mass is 570 g/mol. The van der Waals surface area contributed by atoms with Crippen molar-refractivity contribution in [2.45, 2.75) is 45.2 Å². The summed E-state index contributed by atoms with van der Waals surface area (Å²) in [5.74, 6) is -0.00480. The van der Waals surface area contributed by atoms with E-state index < -0.39 is 6.04 Å². The van der Waals surface area contributed by atoms with E-state index in [0.29, 0.717) is 17.2 Å². The molecule has 0 fully saturated rings. The Morgan fingerprint density at radius 3 is 2.31 bits per heavy atom. The average molecular weight is 572 g/mol. The van der Waals surface area contributed by atoms with E-state index in [0.717, 1.165) is 21.2 Å². The second-order valence-corrected chi connectivity index (χ2v) is 10.9. The minimum atomic E-state index is -0.739. The van der Waals surface area contributed by atoms with Gasteiger partial charge >= 0.3 is 0 Å². The van der Waals surface area contributed by atoms with Crippen LogP contribution in [0, 0.1) is 0 Å². The molecule has 190 valence electrons. The first-order valence-corrected chi connectivity index (χ1v) is 13.0. The highest BCUT2D eigenvalue weighted by Gasteiger charge is 2.30. The molecule has 1 N–H and O–H groups in total. The fourth-order valence-corrected chi connectivity index (χ4v) is 4.53. The van der Waals surface area contributed by atoms with Gasteiger partial charge in [-0.3, -0.25) is 9.59 Å². The van der Waals surface area contributed by atoms with Crippen LogP contribution in [-0.4, -0.2) is 36.4 Å². The molecular formula is C29H32BrClN2O3. The van der Waals surface area contributed by atoms with Crippen LogP contribution in [0.15, 0.2) is 77.3 Å². The molecule has 0 saturated heterocycles. The Balaban J connectivity index is 1.88. The number of rotatable bonds is 9. The lowest BCUT2D eigenvalue weighted by molar-refractivity contribution is -0.142. The van der Waals surface area contributed by atoms with E-state index in [1.54, 1.807) is 18.0 Å². The smallest absolute Gasteiger partial charge is 0.261 e. The molecular weight excluding hydrogens is 540 g/mol. The molecule has 0 saturated carbocycles. The first-order valence-electron chi connectivity index (χ1n) is 11.8. The SMILES string of the molecule is CNC(=O)[C@H](Cc1ccccc1)N(Cc1ccccc1Cl)C(=O)COc1ccc(C(C)(C)C)cc1Br. The Hall–Kier alpha value is -2.83. The fraction of sp³-hybridized carbons (Fsp3) is 0.310. The summed E-state index contributed by atoms with van der Waals surface area (Å²) in [4.78, 5) is 28.1. The van der Waals surface area contributed by atoms with Crippen molar-refractivity contribution in [1.82, 2.24) is 10.2 Å². The number of benzene rings is 3. The lowest BCUT2D eigenvalue weighted by Crippen LogP contribution is -2.51. The number of likely N-dealkylation sites (N-methyl/N-ethyl adjacent to an activating group) is 1. The van der Waals surface area contributed by atoms with E-state index in [1.165, 1.54) is 0 Å². The van der Waals surface area contributed by atoms with Crippen molar-refractivity contribution in [3.05, 3.63) is 99.0 Å². The second kappa shape index (κ2) is 12.4. The zero-order valence-electron chi connectivity index (χ0n) is 21.1. The van der Waals surface area contributed by atoms with Crippen LogP contribution < -0.4 is 10.1 Å². The third-order valence-corrected chi connectivity index (χ3v) is 6.95. The molecule has 5 nitrogen and oxygen atoms in total. The molecule has 0 aliphatic carbocycles. The third-order valence-electron chi connectivity index (χ3n) is 5.97. The van der Waals surface area contributed by atoms with Crippen molar-refractivity contribution < 1.29 is 14.3 Å². The molecule has 0 unspecified atom stereocenters. The summed E-state index contributed by atoms with van der Waals surface area (Å²) in [6, 6.07) is 22.1. The molecule has 0 radical (unpaired) electrons. The van der Waals surface area contributed by atoms with Crippen LogP contribution in [0.5, 0.6) is 5.75 Å². The van der Waals surface area contributed by atoms with E-state index >= 15 is 0 Å². The Labute approximate surface area is 226 Å². The van der Waals surface area contributed by atoms with Crippen LogP contribution in [0.1, 0.15) is 37.5 Å². The zero-order chi connectivity index (χ0) is 26.3. The number of hydrogen-bond donors (Lipinski definition) is 1. The number of nitrogens with zero attached hydrogens (tertiary/aromatic N) is 1. The number of carbonyl (C=O) groups is 2. The number of halogens is 2. The van der Waals surface area contributed by atoms with E-state index in [1.807, 2.05) is 66.7 Å². The van der Waals surface area contributed by atoms with Gasteiger partial charge in [0.15, 0.2) is 6.61 Å². The van der Waals surface area contributed by atoms with Crippen LogP contribution in [-0.2, 0) is 28.0 Å². The minimum Gasteiger partial charge on any atom is -0.483 e. The maximum atomic E-state index is 13.6. The lowest BCUT2D eigenvalue weighted by atomic mass is 9.87. The summed E-state index contributed by atoms with van der Waals surface area (Å²) in [6.45, 7) is 6.36. The molecule has 2 amide bonds. The molecule has 0 aromatic heterocycles. The summed E-state index contributed by atoms with van der Waals surface area (Å²) in [5.41, 5.74) is 2.84. The zero-order valence-corrected chi connectivity index (χ0v) is 23.4. The summed E-state index contributed by atoms with van der Waals surface area (Å²) in [6.07, 6.45) is 0.362. The molecule has 3 aromatic carbocycles. The van der Waals surface area contributed by atoms with Crippen LogP contribution in [0.25, 0.3) is 0 Å². The number of carbonyl (C=O) groups excluding carboxylic acids is 2. The van der Waals surface area contributed by atoms with E-state index in [2.05, 4.69) is 42.0 Å². The topological polar surface area (TPSA) is 58.6 Å². The van der Waals surface area contributed by atoms with Crippen molar-refractivity contribution in [3.8, 4) is 5.75 Å². The standard InChI is InChI=1S/C29H32BrClN2O3/c1-29(2,3)22-14-15-26(23(30)17-22)36-19-27(34)33(18-21-12-8-9-13-24(21)31)25(28(35)32-4)16-20-10-6-5-7-11-20/h5-15,17,25H,16,18-19H2,1-4H3,(H,32,35)/t25-/m0/s1. The quantitative estimate of drug-likeness (QED) is 0.334. The van der Waals surface area contributed by atoms with Crippen LogP contribution in [0.3, 0.4) is 0 Å². The molecule has 36 heavy (non-hydrogen) atoms. The highest BCUT2D eigenvalue weighted by Crippen LogP contribution is 2.31. The maximum absolute atomic E-state index is 13.6. The summed E-state index contributed by atoms with van der Waals surface area (Å²) >= 11 is 9.99. The second-order valence-electron chi connectivity index (χ2n) is 9.62. The van der Waals surface area contributed by atoms with Gasteiger partial charge in [-0.2, -0.15) is 0 Å². The van der Waals surface area contributed by atoms with Gasteiger partial charge in [0.25, 0.3) is 5.91 Å². The number of amides is 2. The van der Waals surface area contributed by atoms with E-state index in [4.69, 9.17) is 16.3 Å². The van der Waals surface area contributed by atoms with Gasteiger partial charge in [-0.15, -0.1) is 0 Å². The largest absolute Gasteiger partial charge is 0.483 e. The van der Waals surface area contributed by atoms with Crippen molar-refractivity contribution >= 4 is 39.3 Å². The van der Waals surface area contributed by atoms with Crippen LogP contribution in [0.2, 0.25) is 5.02 Å². The van der Waals surface area contributed by atoms with Crippen molar-refractivity contribution in [2.75, 3.05) is 13.7 Å². The predicted molar refractivity (Wildman–Crippen MR) is 148 cm³/mol. The minimum absolute atomic E-state index is 0.0131. The number of ether oxygens (including phenoxy) is 1. The number of nitrogens with one attached hydrogen (secondary N) is 1. The summed E-state index contributed by atoms with van der Waals surface area (Å²) < 4.78 is 6.70. The Morgan fingerprint density at radius 2 is 1.69 bits per heavy atom.